The van der Waals surface area contributed by atoms with Crippen LogP contribution in [0.3, 0.4) is 0 Å². The smallest absolute Gasteiger partial charge is 0.306 e. The van der Waals surface area contributed by atoms with Crippen LogP contribution in [0.4, 0.5) is 10.1 Å². The van der Waals surface area contributed by atoms with E-state index < -0.39 is 21.8 Å². The summed E-state index contributed by atoms with van der Waals surface area (Å²) in [5.41, 5.74) is 1.59. The number of fused-ring (bicyclic) bond motifs is 1. The average Bonchev–Trinajstić information content (AvgIpc) is 2.96. The normalized spacial score (nSPS) is 16.6. The molecule has 0 N–H and O–H groups in total. The summed E-state index contributed by atoms with van der Waals surface area (Å²) >= 11 is 0. The van der Waals surface area contributed by atoms with Gasteiger partial charge in [-0.05, 0) is 42.3 Å². The van der Waals surface area contributed by atoms with Crippen molar-refractivity contribution in [2.24, 2.45) is 0 Å². The Hall–Kier alpha value is -2.41. The van der Waals surface area contributed by atoms with Crippen LogP contribution < -0.4 is 4.31 Å². The monoisotopic (exact) mass is 363 g/mol. The van der Waals surface area contributed by atoms with Gasteiger partial charge in [-0.1, -0.05) is 18.2 Å². The van der Waals surface area contributed by atoms with E-state index in [0.29, 0.717) is 5.69 Å². The number of benzene rings is 2. The van der Waals surface area contributed by atoms with Gasteiger partial charge >= 0.3 is 5.97 Å². The van der Waals surface area contributed by atoms with Crippen molar-refractivity contribution in [2.75, 3.05) is 18.0 Å². The number of carbonyl (C=O) groups is 1. The predicted molar refractivity (Wildman–Crippen MR) is 91.5 cm³/mol. The maximum absolute atomic E-state index is 13.5. The number of sulfonamides is 1. The van der Waals surface area contributed by atoms with Gasteiger partial charge in [0.2, 0.25) is 0 Å². The highest BCUT2D eigenvalue weighted by Crippen LogP contribution is 2.41. The molecule has 2 aromatic rings. The fourth-order valence-corrected chi connectivity index (χ4v) is 4.67. The molecule has 0 aliphatic carbocycles. The summed E-state index contributed by atoms with van der Waals surface area (Å²) in [4.78, 5) is 11.7. The molecule has 0 radical (unpaired) electrons. The van der Waals surface area contributed by atoms with Crippen LogP contribution in [0.25, 0.3) is 0 Å². The molecule has 1 atom stereocenters. The third-order valence-corrected chi connectivity index (χ3v) is 6.17. The lowest BCUT2D eigenvalue weighted by atomic mass is 9.98. The van der Waals surface area contributed by atoms with Crippen molar-refractivity contribution >= 4 is 21.7 Å². The lowest BCUT2D eigenvalue weighted by Gasteiger charge is -2.20. The first kappa shape index (κ1) is 17.4. The molecule has 0 saturated heterocycles. The minimum absolute atomic E-state index is 0.0277. The van der Waals surface area contributed by atoms with Crippen LogP contribution in [0.2, 0.25) is 0 Å². The van der Waals surface area contributed by atoms with Gasteiger partial charge in [-0.25, -0.2) is 12.8 Å². The van der Waals surface area contributed by atoms with Gasteiger partial charge in [-0.3, -0.25) is 9.10 Å². The van der Waals surface area contributed by atoms with Crippen LogP contribution in [-0.2, 0) is 19.6 Å². The number of hydrogen-bond donors (Lipinski definition) is 0. The van der Waals surface area contributed by atoms with E-state index in [1.807, 2.05) is 6.07 Å². The summed E-state index contributed by atoms with van der Waals surface area (Å²) in [5, 5.41) is 0. The number of methoxy groups -OCH3 is 1. The van der Waals surface area contributed by atoms with Crippen molar-refractivity contribution in [3.63, 3.8) is 0 Å². The summed E-state index contributed by atoms with van der Waals surface area (Å²) in [6.45, 7) is 1.67. The Kier molecular flexibility index (Phi) is 4.51. The molecule has 3 rings (SSSR count). The van der Waals surface area contributed by atoms with Crippen molar-refractivity contribution in [3.8, 4) is 0 Å². The Labute approximate surface area is 146 Å². The highest BCUT2D eigenvalue weighted by molar-refractivity contribution is 7.92. The number of carbonyl (C=O) groups excluding carboxylic acids is 1. The Bertz CT molecular complexity index is 926. The molecule has 1 aliphatic heterocycles. The molecule has 1 heterocycles. The number of halogens is 1. The molecule has 5 nitrogen and oxygen atoms in total. The molecule has 7 heteroatoms. The number of esters is 1. The van der Waals surface area contributed by atoms with E-state index in [9.17, 15) is 17.6 Å². The van der Waals surface area contributed by atoms with Gasteiger partial charge < -0.3 is 4.74 Å². The third-order valence-electron chi connectivity index (χ3n) is 4.39. The molecular weight excluding hydrogens is 345 g/mol. The van der Waals surface area contributed by atoms with Gasteiger partial charge in [0.25, 0.3) is 10.0 Å². The van der Waals surface area contributed by atoms with Crippen LogP contribution in [-0.4, -0.2) is 28.0 Å². The largest absolute Gasteiger partial charge is 0.469 e. The SMILES string of the molecule is COC(=O)CC1CN(S(=O)(=O)c2ccc(F)c(C)c2)c2ccccc21. The molecule has 25 heavy (non-hydrogen) atoms. The van der Waals surface area contributed by atoms with Gasteiger partial charge in [0.05, 0.1) is 24.1 Å². The van der Waals surface area contributed by atoms with E-state index >= 15 is 0 Å². The fraction of sp³-hybridized carbons (Fsp3) is 0.278. The Morgan fingerprint density at radius 3 is 2.68 bits per heavy atom. The van der Waals surface area contributed by atoms with Crippen LogP contribution in [0, 0.1) is 12.7 Å². The molecule has 0 fully saturated rings. The van der Waals surface area contributed by atoms with Gasteiger partial charge in [0, 0.05) is 12.5 Å². The molecule has 0 aromatic heterocycles. The first-order chi connectivity index (χ1) is 11.8. The van der Waals surface area contributed by atoms with Crippen LogP contribution in [0.1, 0.15) is 23.5 Å². The Morgan fingerprint density at radius 2 is 2.00 bits per heavy atom. The first-order valence-electron chi connectivity index (χ1n) is 7.79. The molecule has 0 spiro atoms. The van der Waals surface area contributed by atoms with Gasteiger partial charge in [-0.15, -0.1) is 0 Å². The Balaban J connectivity index is 2.02. The van der Waals surface area contributed by atoms with Crippen molar-refractivity contribution in [1.29, 1.82) is 0 Å². The maximum Gasteiger partial charge on any atom is 0.306 e. The topological polar surface area (TPSA) is 63.7 Å². The number of aryl methyl sites for hydroxylation is 1. The second kappa shape index (κ2) is 6.48. The average molecular weight is 363 g/mol. The van der Waals surface area contributed by atoms with Crippen LogP contribution in [0.15, 0.2) is 47.4 Å². The first-order valence-corrected chi connectivity index (χ1v) is 9.23. The number of rotatable bonds is 4. The van der Waals surface area contributed by atoms with E-state index in [1.54, 1.807) is 18.2 Å². The van der Waals surface area contributed by atoms with E-state index in [2.05, 4.69) is 0 Å². The summed E-state index contributed by atoms with van der Waals surface area (Å²) in [5.74, 6) is -1.12. The van der Waals surface area contributed by atoms with E-state index in [0.717, 1.165) is 11.6 Å². The number of anilines is 1. The van der Waals surface area contributed by atoms with Gasteiger partial charge in [-0.2, -0.15) is 0 Å². The molecule has 1 unspecified atom stereocenters. The summed E-state index contributed by atoms with van der Waals surface area (Å²) in [6.07, 6.45) is 0.0992. The summed E-state index contributed by atoms with van der Waals surface area (Å²) in [6, 6.07) is 10.8. The van der Waals surface area contributed by atoms with Crippen molar-refractivity contribution < 1.29 is 22.3 Å². The van der Waals surface area contributed by atoms with Crippen LogP contribution in [0.5, 0.6) is 0 Å². The standard InChI is InChI=1S/C18H18FNO4S/c1-12-9-14(7-8-16(12)19)25(22,23)20-11-13(10-18(21)24-2)15-5-3-4-6-17(15)20/h3-9,13H,10-11H2,1-2H3. The molecule has 132 valence electrons. The van der Waals surface area contributed by atoms with Crippen molar-refractivity contribution in [3.05, 3.63) is 59.4 Å². The maximum atomic E-state index is 13.5. The zero-order valence-corrected chi connectivity index (χ0v) is 14.7. The summed E-state index contributed by atoms with van der Waals surface area (Å²) in [7, 11) is -2.55. The zero-order chi connectivity index (χ0) is 18.2. The van der Waals surface area contributed by atoms with Crippen molar-refractivity contribution in [2.45, 2.75) is 24.2 Å². The minimum atomic E-state index is -3.85. The van der Waals surface area contributed by atoms with Gasteiger partial charge in [0.1, 0.15) is 5.82 Å². The highest BCUT2D eigenvalue weighted by atomic mass is 32.2. The molecule has 0 amide bonds. The molecular formula is C18H18FNO4S. The van der Waals surface area contributed by atoms with Gasteiger partial charge in [0.15, 0.2) is 0 Å². The fourth-order valence-electron chi connectivity index (χ4n) is 3.05. The van der Waals surface area contributed by atoms with Crippen LogP contribution >= 0.6 is 0 Å². The molecule has 2 aromatic carbocycles. The molecule has 1 aliphatic rings. The van der Waals surface area contributed by atoms with Crippen molar-refractivity contribution in [1.82, 2.24) is 0 Å². The quantitative estimate of drug-likeness (QED) is 0.784. The lowest BCUT2D eigenvalue weighted by Crippen LogP contribution is -2.30. The number of hydrogen-bond acceptors (Lipinski definition) is 4. The molecule has 0 bridgehead atoms. The number of para-hydroxylation sites is 1. The highest BCUT2D eigenvalue weighted by Gasteiger charge is 2.37. The zero-order valence-electron chi connectivity index (χ0n) is 13.9. The van der Waals surface area contributed by atoms with E-state index in [4.69, 9.17) is 4.74 Å². The lowest BCUT2D eigenvalue weighted by molar-refractivity contribution is -0.140. The molecule has 0 saturated carbocycles. The van der Waals surface area contributed by atoms with E-state index in [1.165, 1.54) is 30.5 Å². The number of nitrogens with zero attached hydrogens (tertiary/aromatic N) is 1. The number of ether oxygens (including phenoxy) is 1. The Morgan fingerprint density at radius 1 is 1.28 bits per heavy atom. The summed E-state index contributed by atoms with van der Waals surface area (Å²) < 4.78 is 45.6. The minimum Gasteiger partial charge on any atom is -0.469 e. The third kappa shape index (κ3) is 3.11. The predicted octanol–water partition coefficient (Wildman–Crippen LogP) is 2.99. The second-order valence-corrected chi connectivity index (χ2v) is 7.85. The van der Waals surface area contributed by atoms with E-state index in [-0.39, 0.29) is 29.3 Å². The second-order valence-electron chi connectivity index (χ2n) is 5.98.